The number of methoxy groups -OCH3 is 1. The van der Waals surface area contributed by atoms with Crippen LogP contribution in [0.25, 0.3) is 11.1 Å². The average molecular weight is 518 g/mol. The Kier molecular flexibility index (Phi) is 10.5. The minimum absolute atomic E-state index is 0.0942. The first-order valence-electron chi connectivity index (χ1n) is 11.7. The van der Waals surface area contributed by atoms with Crippen molar-refractivity contribution < 1.29 is 37.0 Å². The van der Waals surface area contributed by atoms with E-state index in [2.05, 4.69) is 9.47 Å². The molecule has 0 saturated carbocycles. The number of hydrogen-bond donors (Lipinski definition) is 0. The number of hydrogen-bond acceptors (Lipinski definition) is 5. The van der Waals surface area contributed by atoms with E-state index in [0.717, 1.165) is 12.7 Å². The molecule has 3 rings (SSSR count). The van der Waals surface area contributed by atoms with E-state index >= 15 is 0 Å². The molecule has 0 N–H and O–H groups in total. The zero-order valence-corrected chi connectivity index (χ0v) is 21.3. The molecule has 0 aliphatic carbocycles. The largest absolute Gasteiger partial charge is 0.573 e. The van der Waals surface area contributed by atoms with Crippen LogP contribution in [-0.4, -0.2) is 31.5 Å². The quantitative estimate of drug-likeness (QED) is 0.256. The molecule has 3 aromatic rings. The number of carbonyl (C=O) groups is 2. The Bertz CT molecular complexity index is 1160. The van der Waals surface area contributed by atoms with Gasteiger partial charge in [-0.3, -0.25) is 9.69 Å². The minimum atomic E-state index is -4.81. The van der Waals surface area contributed by atoms with Crippen molar-refractivity contribution in [1.29, 1.82) is 0 Å². The first kappa shape index (κ1) is 29.2. The lowest BCUT2D eigenvalue weighted by Gasteiger charge is -2.24. The van der Waals surface area contributed by atoms with Crippen LogP contribution in [0.15, 0.2) is 72.8 Å². The fraction of sp³-hybridized carbons (Fsp3) is 0.286. The number of carbonyl (C=O) groups excluding carboxylic acids is 2. The first-order valence-corrected chi connectivity index (χ1v) is 11.7. The number of amides is 1. The second kappa shape index (κ2) is 13.3. The van der Waals surface area contributed by atoms with Crippen molar-refractivity contribution >= 4 is 17.6 Å². The number of ether oxygens (including phenoxy) is 3. The molecule has 0 aliphatic heterocycles. The summed E-state index contributed by atoms with van der Waals surface area (Å²) in [5, 5.41) is 0. The number of nitrogens with zero attached hydrogens (tertiary/aromatic N) is 1. The van der Waals surface area contributed by atoms with Gasteiger partial charge in [0.05, 0.1) is 19.8 Å². The molecule has 37 heavy (non-hydrogen) atoms. The van der Waals surface area contributed by atoms with E-state index in [0.29, 0.717) is 22.6 Å². The molecule has 0 aliphatic rings. The van der Waals surface area contributed by atoms with Crippen molar-refractivity contribution in [3.05, 3.63) is 78.4 Å². The summed E-state index contributed by atoms with van der Waals surface area (Å²) in [6.45, 7) is 7.76. The highest BCUT2D eigenvalue weighted by Gasteiger charge is 2.31. The highest BCUT2D eigenvalue weighted by Crippen LogP contribution is 2.36. The average Bonchev–Trinajstić information content (AvgIpc) is 2.88. The van der Waals surface area contributed by atoms with E-state index in [1.54, 1.807) is 18.2 Å². The van der Waals surface area contributed by atoms with Gasteiger partial charge in [0, 0.05) is 11.3 Å². The molecule has 9 heteroatoms. The Morgan fingerprint density at radius 2 is 1.54 bits per heavy atom. The zero-order chi connectivity index (χ0) is 27.6. The van der Waals surface area contributed by atoms with Crippen LogP contribution in [0.4, 0.5) is 18.9 Å². The van der Waals surface area contributed by atoms with Gasteiger partial charge in [0.1, 0.15) is 11.5 Å². The van der Waals surface area contributed by atoms with Crippen LogP contribution >= 0.6 is 0 Å². The van der Waals surface area contributed by atoms with Crippen molar-refractivity contribution in [2.75, 3.05) is 12.0 Å². The van der Waals surface area contributed by atoms with Gasteiger partial charge in [0.2, 0.25) is 0 Å². The van der Waals surface area contributed by atoms with Gasteiger partial charge in [0.15, 0.2) is 0 Å². The Hall–Kier alpha value is -4.01. The minimum Gasteiger partial charge on any atom is -0.490 e. The van der Waals surface area contributed by atoms with Crippen LogP contribution < -0.4 is 14.4 Å². The van der Waals surface area contributed by atoms with Gasteiger partial charge in [-0.2, -0.15) is 0 Å². The zero-order valence-electron chi connectivity index (χ0n) is 21.3. The predicted octanol–water partition coefficient (Wildman–Crippen LogP) is 6.77. The molecule has 198 valence electrons. The summed E-state index contributed by atoms with van der Waals surface area (Å²) in [5.74, 6) is -1.80. The molecule has 0 heterocycles. The maximum atomic E-state index is 12.9. The van der Waals surface area contributed by atoms with Gasteiger partial charge in [-0.15, -0.1) is 13.2 Å². The van der Waals surface area contributed by atoms with Crippen LogP contribution in [0, 0.1) is 0 Å². The standard InChI is InChI=1S/C26H24F3NO5.C2H6/c1-17(2)34-23-14-11-20(15-22(23)19-9-12-21(13-10-19)35-26(27,28)29)30(24(31)25(32)33-3)16-18-7-5-4-6-8-18;1-2/h4-15,17H,16H2,1-3H3;1-2H3. The molecular weight excluding hydrogens is 487 g/mol. The van der Waals surface area contributed by atoms with Crippen molar-refractivity contribution in [3.8, 4) is 22.6 Å². The van der Waals surface area contributed by atoms with Gasteiger partial charge < -0.3 is 14.2 Å². The molecule has 3 aromatic carbocycles. The second-order valence-electron chi connectivity index (χ2n) is 7.79. The topological polar surface area (TPSA) is 65.1 Å². The van der Waals surface area contributed by atoms with Crippen molar-refractivity contribution in [2.24, 2.45) is 0 Å². The highest BCUT2D eigenvalue weighted by atomic mass is 19.4. The fourth-order valence-corrected chi connectivity index (χ4v) is 3.35. The van der Waals surface area contributed by atoms with E-state index in [-0.39, 0.29) is 18.4 Å². The Balaban J connectivity index is 0.00000235. The van der Waals surface area contributed by atoms with Gasteiger partial charge in [-0.1, -0.05) is 56.3 Å². The smallest absolute Gasteiger partial charge is 0.490 e. The number of benzene rings is 3. The predicted molar refractivity (Wildman–Crippen MR) is 135 cm³/mol. The Labute approximate surface area is 214 Å². The van der Waals surface area contributed by atoms with Crippen LogP contribution in [0.5, 0.6) is 11.5 Å². The summed E-state index contributed by atoms with van der Waals surface area (Å²) in [4.78, 5) is 26.2. The van der Waals surface area contributed by atoms with E-state index in [1.165, 1.54) is 29.2 Å². The molecule has 0 aromatic heterocycles. The third-order valence-corrected chi connectivity index (χ3v) is 4.83. The van der Waals surface area contributed by atoms with E-state index < -0.39 is 18.2 Å². The van der Waals surface area contributed by atoms with Crippen LogP contribution in [0.1, 0.15) is 33.3 Å². The lowest BCUT2D eigenvalue weighted by atomic mass is 10.0. The molecule has 1 amide bonds. The first-order chi connectivity index (χ1) is 17.6. The highest BCUT2D eigenvalue weighted by molar-refractivity contribution is 6.38. The molecule has 0 fully saturated rings. The molecule has 0 unspecified atom stereocenters. The van der Waals surface area contributed by atoms with E-state index in [1.807, 2.05) is 58.0 Å². The summed E-state index contributed by atoms with van der Waals surface area (Å²) in [5.41, 5.74) is 2.21. The van der Waals surface area contributed by atoms with Gasteiger partial charge in [0.25, 0.3) is 0 Å². The van der Waals surface area contributed by atoms with Crippen molar-refractivity contribution in [1.82, 2.24) is 0 Å². The van der Waals surface area contributed by atoms with Gasteiger partial charge in [-0.25, -0.2) is 4.79 Å². The summed E-state index contributed by atoms with van der Waals surface area (Å²) in [6.07, 6.45) is -5.00. The second-order valence-corrected chi connectivity index (χ2v) is 7.79. The summed E-state index contributed by atoms with van der Waals surface area (Å²) < 4.78 is 52.1. The molecule has 0 atom stereocenters. The Morgan fingerprint density at radius 3 is 2.08 bits per heavy atom. The third-order valence-electron chi connectivity index (χ3n) is 4.83. The monoisotopic (exact) mass is 517 g/mol. The fourth-order valence-electron chi connectivity index (χ4n) is 3.35. The molecule has 0 spiro atoms. The SMILES string of the molecule is CC.COC(=O)C(=O)N(Cc1ccccc1)c1ccc(OC(C)C)c(-c2ccc(OC(F)(F)F)cc2)c1. The molecule has 6 nitrogen and oxygen atoms in total. The number of halogens is 3. The van der Waals surface area contributed by atoms with Crippen LogP contribution in [0.2, 0.25) is 0 Å². The van der Waals surface area contributed by atoms with Crippen LogP contribution in [0.3, 0.4) is 0 Å². The Morgan fingerprint density at radius 1 is 0.919 bits per heavy atom. The number of esters is 1. The van der Waals surface area contributed by atoms with E-state index in [9.17, 15) is 22.8 Å². The van der Waals surface area contributed by atoms with E-state index in [4.69, 9.17) is 4.74 Å². The summed E-state index contributed by atoms with van der Waals surface area (Å²) in [6, 6.07) is 19.3. The van der Waals surface area contributed by atoms with Crippen molar-refractivity contribution in [2.45, 2.75) is 46.7 Å². The maximum absolute atomic E-state index is 12.9. The lowest BCUT2D eigenvalue weighted by Crippen LogP contribution is -2.37. The molecule has 0 radical (unpaired) electrons. The van der Waals surface area contributed by atoms with Crippen LogP contribution in [-0.2, 0) is 20.9 Å². The summed E-state index contributed by atoms with van der Waals surface area (Å²) >= 11 is 0. The maximum Gasteiger partial charge on any atom is 0.573 e. The third kappa shape index (κ3) is 8.56. The number of alkyl halides is 3. The number of anilines is 1. The normalized spacial score (nSPS) is 10.7. The van der Waals surface area contributed by atoms with Gasteiger partial charge in [-0.05, 0) is 55.3 Å². The molecule has 0 saturated heterocycles. The lowest BCUT2D eigenvalue weighted by molar-refractivity contribution is -0.274. The number of rotatable bonds is 7. The van der Waals surface area contributed by atoms with Crippen molar-refractivity contribution in [3.63, 3.8) is 0 Å². The molecular formula is C28H30F3NO5. The molecule has 0 bridgehead atoms. The van der Waals surface area contributed by atoms with Gasteiger partial charge >= 0.3 is 18.2 Å². The summed E-state index contributed by atoms with van der Waals surface area (Å²) in [7, 11) is 1.12.